The van der Waals surface area contributed by atoms with E-state index in [1.807, 2.05) is 0 Å². The van der Waals surface area contributed by atoms with Crippen LogP contribution in [-0.4, -0.2) is 28.4 Å². The lowest BCUT2D eigenvalue weighted by atomic mass is 10.1. The van der Waals surface area contributed by atoms with Crippen molar-refractivity contribution >= 4 is 75.7 Å². The molecule has 0 bridgehead atoms. The van der Waals surface area contributed by atoms with Gasteiger partial charge in [-0.05, 0) is 73.7 Å². The number of hydrogen-bond donors (Lipinski definition) is 0. The van der Waals surface area contributed by atoms with Gasteiger partial charge in [0, 0.05) is 17.1 Å². The number of rotatable bonds is 4. The van der Waals surface area contributed by atoms with Gasteiger partial charge in [0.25, 0.3) is 11.8 Å². The van der Waals surface area contributed by atoms with Crippen LogP contribution in [0.3, 0.4) is 0 Å². The van der Waals surface area contributed by atoms with E-state index in [0.717, 1.165) is 0 Å². The molecule has 1 aliphatic rings. The molecule has 0 unspecified atom stereocenters. The number of nitrogens with zero attached hydrogens (tertiary/aromatic N) is 2. The van der Waals surface area contributed by atoms with Gasteiger partial charge in [0.2, 0.25) is 0 Å². The van der Waals surface area contributed by atoms with Crippen LogP contribution in [-0.2, 0) is 9.59 Å². The molecule has 1 aliphatic heterocycles. The Morgan fingerprint density at radius 1 is 0.969 bits per heavy atom. The highest BCUT2D eigenvalue weighted by Crippen LogP contribution is 2.35. The van der Waals surface area contributed by atoms with Gasteiger partial charge in [-0.15, -0.1) is 0 Å². The molecule has 0 atom stereocenters. The summed E-state index contributed by atoms with van der Waals surface area (Å²) in [6.45, 7) is 2.08. The van der Waals surface area contributed by atoms with Crippen LogP contribution in [0, 0.1) is 0 Å². The van der Waals surface area contributed by atoms with E-state index in [1.54, 1.807) is 61.5 Å². The van der Waals surface area contributed by atoms with Crippen LogP contribution >= 0.6 is 47.0 Å². The van der Waals surface area contributed by atoms with Crippen LogP contribution in [0.15, 0.2) is 64.6 Å². The summed E-state index contributed by atoms with van der Waals surface area (Å²) in [4.78, 5) is 29.0. The predicted octanol–water partition coefficient (Wildman–Crippen LogP) is 6.47. The number of carbonyl (C=O) groups is 2. The Balaban J connectivity index is 1.74. The lowest BCUT2D eigenvalue weighted by Gasteiger charge is -2.35. The molecule has 0 N–H and O–H groups in total. The van der Waals surface area contributed by atoms with Crippen molar-refractivity contribution in [3.63, 3.8) is 0 Å². The van der Waals surface area contributed by atoms with Crippen LogP contribution in [0.25, 0.3) is 17.4 Å². The fraction of sp³-hybridized carbons (Fsp3) is 0.0870. The van der Waals surface area contributed by atoms with Crippen molar-refractivity contribution in [1.82, 2.24) is 4.90 Å². The van der Waals surface area contributed by atoms with Crippen LogP contribution in [0.1, 0.15) is 12.7 Å². The molecule has 0 saturated carbocycles. The molecule has 1 saturated heterocycles. The normalized spacial score (nSPS) is 15.8. The molecule has 0 aliphatic carbocycles. The molecule has 2 amide bonds. The number of thiocarbonyl (C=S) groups is 1. The third kappa shape index (κ3) is 4.07. The molecule has 5 nitrogen and oxygen atoms in total. The first-order chi connectivity index (χ1) is 15.3. The fourth-order valence-corrected chi connectivity index (χ4v) is 4.20. The lowest BCUT2D eigenvalue weighted by Crippen LogP contribution is -2.56. The molecule has 162 valence electrons. The van der Waals surface area contributed by atoms with Gasteiger partial charge in [0.05, 0.1) is 15.7 Å². The van der Waals surface area contributed by atoms with Crippen LogP contribution in [0.5, 0.6) is 0 Å². The lowest BCUT2D eigenvalue weighted by molar-refractivity contribution is -0.127. The number of carbonyl (C=O) groups excluding carboxylic acids is 2. The Bertz CT molecular complexity index is 1270. The maximum atomic E-state index is 13.3. The fourth-order valence-electron chi connectivity index (χ4n) is 3.28. The third-order valence-electron chi connectivity index (χ3n) is 4.86. The summed E-state index contributed by atoms with van der Waals surface area (Å²) in [6, 6.07) is 15.2. The zero-order valence-electron chi connectivity index (χ0n) is 16.6. The Kier molecular flexibility index (Phi) is 6.40. The summed E-state index contributed by atoms with van der Waals surface area (Å²) >= 11 is 23.8. The Morgan fingerprint density at radius 2 is 1.69 bits per heavy atom. The zero-order valence-corrected chi connectivity index (χ0v) is 19.7. The van der Waals surface area contributed by atoms with Crippen LogP contribution < -0.4 is 4.90 Å². The van der Waals surface area contributed by atoms with Crippen molar-refractivity contribution in [1.29, 1.82) is 0 Å². The quantitative estimate of drug-likeness (QED) is 0.232. The van der Waals surface area contributed by atoms with Gasteiger partial charge in [-0.3, -0.25) is 19.4 Å². The van der Waals surface area contributed by atoms with Gasteiger partial charge in [0.15, 0.2) is 5.11 Å². The molecule has 2 aromatic carbocycles. The van der Waals surface area contributed by atoms with E-state index < -0.39 is 11.8 Å². The summed E-state index contributed by atoms with van der Waals surface area (Å²) < 4.78 is 5.85. The predicted molar refractivity (Wildman–Crippen MR) is 131 cm³/mol. The SMILES string of the molecule is CCN1C(=O)/C(=C/c2ccc(-c3cccc(Cl)c3Cl)o2)C(=O)N(c2ccc(Cl)cc2)C1=S. The van der Waals surface area contributed by atoms with E-state index >= 15 is 0 Å². The average Bonchev–Trinajstić information content (AvgIpc) is 3.23. The molecule has 32 heavy (non-hydrogen) atoms. The van der Waals surface area contributed by atoms with Gasteiger partial charge < -0.3 is 4.42 Å². The number of benzene rings is 2. The Hall–Kier alpha value is -2.64. The molecule has 9 heteroatoms. The van der Waals surface area contributed by atoms with Crippen molar-refractivity contribution in [2.45, 2.75) is 6.92 Å². The van der Waals surface area contributed by atoms with Gasteiger partial charge >= 0.3 is 0 Å². The number of likely N-dealkylation sites (N-methyl/N-ethyl adjacent to an activating group) is 1. The summed E-state index contributed by atoms with van der Waals surface area (Å²) in [7, 11) is 0. The van der Waals surface area contributed by atoms with Crippen molar-refractivity contribution in [3.05, 3.63) is 81.0 Å². The number of furan rings is 1. The van der Waals surface area contributed by atoms with Gasteiger partial charge in [-0.25, -0.2) is 0 Å². The average molecular weight is 506 g/mol. The molecular formula is C23H15Cl3N2O3S. The zero-order chi connectivity index (χ0) is 23.0. The van der Waals surface area contributed by atoms with Crippen LogP contribution in [0.4, 0.5) is 5.69 Å². The molecule has 1 aromatic heterocycles. The first-order valence-corrected chi connectivity index (χ1v) is 11.1. The van der Waals surface area contributed by atoms with E-state index in [2.05, 4.69) is 0 Å². The van der Waals surface area contributed by atoms with E-state index in [4.69, 9.17) is 51.4 Å². The molecule has 0 radical (unpaired) electrons. The summed E-state index contributed by atoms with van der Waals surface area (Å²) in [5.41, 5.74) is 1.03. The molecular weight excluding hydrogens is 491 g/mol. The second kappa shape index (κ2) is 9.08. The van der Waals surface area contributed by atoms with Crippen molar-refractivity contribution in [2.75, 3.05) is 11.4 Å². The minimum absolute atomic E-state index is 0.0755. The standard InChI is InChI=1S/C23H15Cl3N2O3S/c1-2-27-21(29)17(22(30)28(23(27)32)14-8-6-13(24)7-9-14)12-15-10-11-19(31-15)16-4-3-5-18(25)20(16)26/h3-12H,2H2,1H3/b17-12-. The number of halogens is 3. The van der Waals surface area contributed by atoms with E-state index in [0.29, 0.717) is 44.4 Å². The van der Waals surface area contributed by atoms with Gasteiger partial charge in [-0.2, -0.15) is 0 Å². The second-order valence-electron chi connectivity index (χ2n) is 6.81. The number of anilines is 1. The second-order valence-corrected chi connectivity index (χ2v) is 8.40. The summed E-state index contributed by atoms with van der Waals surface area (Å²) in [5.74, 6) is -0.276. The summed E-state index contributed by atoms with van der Waals surface area (Å²) in [5, 5.41) is 1.37. The topological polar surface area (TPSA) is 53.8 Å². The largest absolute Gasteiger partial charge is 0.457 e. The Morgan fingerprint density at radius 3 is 2.38 bits per heavy atom. The highest BCUT2D eigenvalue weighted by atomic mass is 35.5. The van der Waals surface area contributed by atoms with Gasteiger partial charge in [-0.1, -0.05) is 40.9 Å². The molecule has 1 fully saturated rings. The highest BCUT2D eigenvalue weighted by molar-refractivity contribution is 7.80. The molecule has 2 heterocycles. The smallest absolute Gasteiger partial charge is 0.270 e. The highest BCUT2D eigenvalue weighted by Gasteiger charge is 2.39. The van der Waals surface area contributed by atoms with Crippen LogP contribution in [0.2, 0.25) is 15.1 Å². The van der Waals surface area contributed by atoms with E-state index in [9.17, 15) is 9.59 Å². The third-order valence-corrected chi connectivity index (χ3v) is 6.34. The number of amides is 2. The first kappa shape index (κ1) is 22.6. The first-order valence-electron chi connectivity index (χ1n) is 9.53. The minimum atomic E-state index is -0.550. The maximum Gasteiger partial charge on any atom is 0.270 e. The molecule has 3 aromatic rings. The Labute approximate surface area is 204 Å². The van der Waals surface area contributed by atoms with E-state index in [1.165, 1.54) is 15.9 Å². The molecule has 4 rings (SSSR count). The van der Waals surface area contributed by atoms with E-state index in [-0.39, 0.29) is 10.7 Å². The van der Waals surface area contributed by atoms with Crippen molar-refractivity contribution < 1.29 is 14.0 Å². The monoisotopic (exact) mass is 504 g/mol. The van der Waals surface area contributed by atoms with Crippen molar-refractivity contribution in [2.24, 2.45) is 0 Å². The minimum Gasteiger partial charge on any atom is -0.457 e. The number of hydrogen-bond acceptors (Lipinski definition) is 4. The van der Waals surface area contributed by atoms with Crippen molar-refractivity contribution in [3.8, 4) is 11.3 Å². The molecule has 0 spiro atoms. The summed E-state index contributed by atoms with van der Waals surface area (Å²) in [6.07, 6.45) is 1.40. The van der Waals surface area contributed by atoms with Gasteiger partial charge in [0.1, 0.15) is 17.1 Å². The maximum absolute atomic E-state index is 13.3.